The highest BCUT2D eigenvalue weighted by Crippen LogP contribution is 2.15. The molecule has 5 nitrogen and oxygen atoms in total. The normalized spacial score (nSPS) is 11.4. The molecule has 0 fully saturated rings. The van der Waals surface area contributed by atoms with Crippen molar-refractivity contribution < 1.29 is 4.74 Å². The van der Waals surface area contributed by atoms with Crippen molar-refractivity contribution in [2.75, 3.05) is 27.2 Å². The van der Waals surface area contributed by atoms with Crippen LogP contribution in [0.5, 0.6) is 5.75 Å². The van der Waals surface area contributed by atoms with Gasteiger partial charge in [-0.05, 0) is 30.7 Å². The van der Waals surface area contributed by atoms with Crippen LogP contribution in [0.4, 0.5) is 0 Å². The zero-order chi connectivity index (χ0) is 16.7. The summed E-state index contributed by atoms with van der Waals surface area (Å²) >= 11 is 0. The molecule has 0 aliphatic rings. The second kappa shape index (κ2) is 8.27. The van der Waals surface area contributed by atoms with Gasteiger partial charge in [0.25, 0.3) is 0 Å². The van der Waals surface area contributed by atoms with Crippen LogP contribution in [0.3, 0.4) is 0 Å². The monoisotopic (exact) mass is 314 g/mol. The van der Waals surface area contributed by atoms with E-state index in [4.69, 9.17) is 4.74 Å². The molecule has 1 aromatic heterocycles. The number of nitrogens with zero attached hydrogens (tertiary/aromatic N) is 3. The Morgan fingerprint density at radius 3 is 2.70 bits per heavy atom. The fourth-order valence-electron chi connectivity index (χ4n) is 2.41. The van der Waals surface area contributed by atoms with Gasteiger partial charge in [0.15, 0.2) is 5.96 Å². The number of aromatic nitrogens is 1. The molecule has 124 valence electrons. The summed E-state index contributed by atoms with van der Waals surface area (Å²) in [5, 5.41) is 3.33. The van der Waals surface area contributed by atoms with E-state index in [1.807, 2.05) is 25.2 Å². The molecule has 0 saturated carbocycles. The van der Waals surface area contributed by atoms with Crippen molar-refractivity contribution >= 4 is 5.96 Å². The summed E-state index contributed by atoms with van der Waals surface area (Å²) in [6, 6.07) is 12.2. The largest absolute Gasteiger partial charge is 0.491 e. The number of benzene rings is 1. The van der Waals surface area contributed by atoms with Crippen molar-refractivity contribution in [2.45, 2.75) is 13.5 Å². The van der Waals surface area contributed by atoms with Crippen molar-refractivity contribution in [3.8, 4) is 5.75 Å². The Kier molecular flexibility index (Phi) is 6.09. The van der Waals surface area contributed by atoms with E-state index in [9.17, 15) is 0 Å². The van der Waals surface area contributed by atoms with Crippen LogP contribution in [-0.4, -0.2) is 42.7 Å². The Hall–Kier alpha value is -2.43. The van der Waals surface area contributed by atoms with Crippen LogP contribution in [0.15, 0.2) is 47.6 Å². The van der Waals surface area contributed by atoms with Crippen molar-refractivity contribution in [2.24, 2.45) is 12.0 Å². The second-order valence-corrected chi connectivity index (χ2v) is 5.55. The van der Waals surface area contributed by atoms with E-state index >= 15 is 0 Å². The third kappa shape index (κ3) is 4.77. The molecule has 2 rings (SSSR count). The first-order valence-corrected chi connectivity index (χ1v) is 7.82. The Balaban J connectivity index is 1.79. The highest BCUT2D eigenvalue weighted by molar-refractivity contribution is 5.79. The first-order valence-electron chi connectivity index (χ1n) is 7.82. The number of para-hydroxylation sites is 1. The molecule has 0 spiro atoms. The number of hydrogen-bond donors (Lipinski definition) is 1. The van der Waals surface area contributed by atoms with Crippen LogP contribution in [-0.2, 0) is 13.6 Å². The molecule has 2 aromatic rings. The predicted molar refractivity (Wildman–Crippen MR) is 94.9 cm³/mol. The van der Waals surface area contributed by atoms with E-state index in [-0.39, 0.29) is 0 Å². The lowest BCUT2D eigenvalue weighted by atomic mass is 10.2. The topological polar surface area (TPSA) is 41.8 Å². The number of rotatable bonds is 6. The maximum atomic E-state index is 5.80. The SMILES string of the molecule is CN=C(NCCOc1ccccc1C)N(C)Cc1cccn1C. The summed E-state index contributed by atoms with van der Waals surface area (Å²) in [6.07, 6.45) is 2.05. The minimum absolute atomic E-state index is 0.599. The van der Waals surface area contributed by atoms with Gasteiger partial charge in [0, 0.05) is 33.0 Å². The van der Waals surface area contributed by atoms with Gasteiger partial charge < -0.3 is 19.5 Å². The van der Waals surface area contributed by atoms with E-state index in [1.54, 1.807) is 7.05 Å². The molecule has 0 saturated heterocycles. The van der Waals surface area contributed by atoms with Crippen LogP contribution in [0.2, 0.25) is 0 Å². The first-order chi connectivity index (χ1) is 11.1. The lowest BCUT2D eigenvalue weighted by Gasteiger charge is -2.22. The summed E-state index contributed by atoms with van der Waals surface area (Å²) in [4.78, 5) is 6.43. The molecule has 0 aliphatic carbocycles. The lowest BCUT2D eigenvalue weighted by Crippen LogP contribution is -2.40. The summed E-state index contributed by atoms with van der Waals surface area (Å²) in [6.45, 7) is 4.16. The van der Waals surface area contributed by atoms with E-state index in [1.165, 1.54) is 5.69 Å². The van der Waals surface area contributed by atoms with E-state index in [0.717, 1.165) is 23.8 Å². The molecule has 0 radical (unpaired) electrons. The van der Waals surface area contributed by atoms with Crippen LogP contribution < -0.4 is 10.1 Å². The lowest BCUT2D eigenvalue weighted by molar-refractivity contribution is 0.317. The van der Waals surface area contributed by atoms with Gasteiger partial charge in [-0.15, -0.1) is 0 Å². The van der Waals surface area contributed by atoms with Crippen molar-refractivity contribution in [3.05, 3.63) is 53.9 Å². The van der Waals surface area contributed by atoms with Crippen LogP contribution in [0, 0.1) is 6.92 Å². The zero-order valence-electron chi connectivity index (χ0n) is 14.4. The number of aryl methyl sites for hydroxylation is 2. The van der Waals surface area contributed by atoms with Crippen molar-refractivity contribution in [1.82, 2.24) is 14.8 Å². The van der Waals surface area contributed by atoms with Gasteiger partial charge in [-0.2, -0.15) is 0 Å². The Morgan fingerprint density at radius 2 is 2.04 bits per heavy atom. The molecule has 0 atom stereocenters. The molecule has 1 heterocycles. The number of hydrogen-bond acceptors (Lipinski definition) is 2. The maximum absolute atomic E-state index is 5.80. The van der Waals surface area contributed by atoms with Crippen LogP contribution in [0.1, 0.15) is 11.3 Å². The minimum atomic E-state index is 0.599. The molecule has 5 heteroatoms. The standard InChI is InChI=1S/C18H26N4O/c1-15-8-5-6-10-17(15)23-13-11-20-18(19-2)22(4)14-16-9-7-12-21(16)3/h5-10,12H,11,13-14H2,1-4H3,(H,19,20). The second-order valence-electron chi connectivity index (χ2n) is 5.55. The van der Waals surface area contributed by atoms with Crippen LogP contribution in [0.25, 0.3) is 0 Å². The number of guanidine groups is 1. The highest BCUT2D eigenvalue weighted by Gasteiger charge is 2.08. The Labute approximate surface area is 138 Å². The summed E-state index contributed by atoms with van der Waals surface area (Å²) in [7, 11) is 5.88. The van der Waals surface area contributed by atoms with Gasteiger partial charge in [0.1, 0.15) is 12.4 Å². The van der Waals surface area contributed by atoms with E-state index in [2.05, 4.69) is 58.1 Å². The zero-order valence-corrected chi connectivity index (χ0v) is 14.4. The molecule has 0 bridgehead atoms. The fourth-order valence-corrected chi connectivity index (χ4v) is 2.41. The fraction of sp³-hybridized carbons (Fsp3) is 0.389. The molecular formula is C18H26N4O. The highest BCUT2D eigenvalue weighted by atomic mass is 16.5. The average Bonchev–Trinajstić information content (AvgIpc) is 2.94. The van der Waals surface area contributed by atoms with E-state index in [0.29, 0.717) is 13.2 Å². The molecule has 0 aliphatic heterocycles. The van der Waals surface area contributed by atoms with Gasteiger partial charge in [0.2, 0.25) is 0 Å². The Morgan fingerprint density at radius 1 is 1.26 bits per heavy atom. The summed E-state index contributed by atoms with van der Waals surface area (Å²) in [5.74, 6) is 1.79. The number of nitrogens with one attached hydrogen (secondary N) is 1. The Bertz CT molecular complexity index is 648. The smallest absolute Gasteiger partial charge is 0.193 e. The average molecular weight is 314 g/mol. The molecule has 23 heavy (non-hydrogen) atoms. The van der Waals surface area contributed by atoms with E-state index < -0.39 is 0 Å². The molecular weight excluding hydrogens is 288 g/mol. The van der Waals surface area contributed by atoms with Gasteiger partial charge in [0.05, 0.1) is 13.1 Å². The van der Waals surface area contributed by atoms with Crippen molar-refractivity contribution in [3.63, 3.8) is 0 Å². The van der Waals surface area contributed by atoms with Gasteiger partial charge in [-0.25, -0.2) is 0 Å². The summed E-state index contributed by atoms with van der Waals surface area (Å²) < 4.78 is 7.91. The van der Waals surface area contributed by atoms with Gasteiger partial charge >= 0.3 is 0 Å². The molecule has 0 amide bonds. The molecule has 0 unspecified atom stereocenters. The molecule has 1 N–H and O–H groups in total. The number of ether oxygens (including phenoxy) is 1. The molecule has 1 aromatic carbocycles. The third-order valence-corrected chi connectivity index (χ3v) is 3.76. The minimum Gasteiger partial charge on any atom is -0.491 e. The van der Waals surface area contributed by atoms with Gasteiger partial charge in [-0.3, -0.25) is 4.99 Å². The van der Waals surface area contributed by atoms with Crippen LogP contribution >= 0.6 is 0 Å². The van der Waals surface area contributed by atoms with Gasteiger partial charge in [-0.1, -0.05) is 18.2 Å². The quantitative estimate of drug-likeness (QED) is 0.506. The summed E-state index contributed by atoms with van der Waals surface area (Å²) in [5.41, 5.74) is 2.39. The maximum Gasteiger partial charge on any atom is 0.193 e. The third-order valence-electron chi connectivity index (χ3n) is 3.76. The first kappa shape index (κ1) is 16.9. The van der Waals surface area contributed by atoms with Crippen molar-refractivity contribution in [1.29, 1.82) is 0 Å². The number of aliphatic imine (C=N–C) groups is 1. The predicted octanol–water partition coefficient (Wildman–Crippen LogP) is 2.42.